The minimum absolute atomic E-state index is 0.114. The monoisotopic (exact) mass is 292 g/mol. The summed E-state index contributed by atoms with van der Waals surface area (Å²) in [6, 6.07) is 12.0. The molecule has 0 saturated heterocycles. The average Bonchev–Trinajstić information content (AvgIpc) is 2.41. The summed E-state index contributed by atoms with van der Waals surface area (Å²) >= 11 is 5.88. The molecule has 104 valence electrons. The maximum Gasteiger partial charge on any atom is 0.221 e. The van der Waals surface area contributed by atoms with Crippen molar-refractivity contribution in [3.8, 4) is 0 Å². The first-order valence-electron chi connectivity index (χ1n) is 6.10. The van der Waals surface area contributed by atoms with Crippen molar-refractivity contribution in [2.75, 3.05) is 10.6 Å². The van der Waals surface area contributed by atoms with Crippen LogP contribution in [0.1, 0.15) is 12.5 Å². The molecule has 2 N–H and O–H groups in total. The van der Waals surface area contributed by atoms with E-state index in [2.05, 4.69) is 10.6 Å². The van der Waals surface area contributed by atoms with E-state index in [9.17, 15) is 9.18 Å². The summed E-state index contributed by atoms with van der Waals surface area (Å²) in [5, 5.41) is 5.96. The predicted octanol–water partition coefficient (Wildman–Crippen LogP) is 4.05. The van der Waals surface area contributed by atoms with Crippen molar-refractivity contribution in [2.45, 2.75) is 13.5 Å². The molecule has 20 heavy (non-hydrogen) atoms. The second-order valence-electron chi connectivity index (χ2n) is 4.33. The molecule has 0 heterocycles. The Morgan fingerprint density at radius 1 is 1.15 bits per heavy atom. The van der Waals surface area contributed by atoms with E-state index in [0.29, 0.717) is 12.1 Å². The summed E-state index contributed by atoms with van der Waals surface area (Å²) < 4.78 is 13.3. The molecule has 0 spiro atoms. The Kier molecular flexibility index (Phi) is 4.58. The molecule has 0 radical (unpaired) electrons. The molecule has 0 bridgehead atoms. The molecule has 3 nitrogen and oxygen atoms in total. The Morgan fingerprint density at radius 2 is 1.80 bits per heavy atom. The van der Waals surface area contributed by atoms with Crippen LogP contribution in [0, 0.1) is 5.82 Å². The van der Waals surface area contributed by atoms with Crippen LogP contribution in [0.15, 0.2) is 42.5 Å². The highest BCUT2D eigenvalue weighted by molar-refractivity contribution is 6.31. The van der Waals surface area contributed by atoms with Crippen LogP contribution < -0.4 is 10.6 Å². The Bertz CT molecular complexity index is 614. The van der Waals surface area contributed by atoms with Crippen molar-refractivity contribution in [2.24, 2.45) is 0 Å². The van der Waals surface area contributed by atoms with Crippen LogP contribution in [0.2, 0.25) is 5.02 Å². The van der Waals surface area contributed by atoms with Crippen molar-refractivity contribution in [3.63, 3.8) is 0 Å². The van der Waals surface area contributed by atoms with Crippen molar-refractivity contribution in [3.05, 3.63) is 58.9 Å². The molecule has 5 heteroatoms. The number of carbonyl (C=O) groups excluding carboxylic acids is 1. The number of halogens is 2. The van der Waals surface area contributed by atoms with Crippen LogP contribution in [0.4, 0.5) is 15.8 Å². The van der Waals surface area contributed by atoms with Crippen LogP contribution in [-0.4, -0.2) is 5.91 Å². The summed E-state index contributed by atoms with van der Waals surface area (Å²) in [4.78, 5) is 10.9. The van der Waals surface area contributed by atoms with E-state index in [-0.39, 0.29) is 10.9 Å². The predicted molar refractivity (Wildman–Crippen MR) is 79.5 cm³/mol. The highest BCUT2D eigenvalue weighted by Gasteiger charge is 2.05. The average molecular weight is 293 g/mol. The van der Waals surface area contributed by atoms with E-state index in [1.54, 1.807) is 24.3 Å². The van der Waals surface area contributed by atoms with Gasteiger partial charge in [-0.3, -0.25) is 4.79 Å². The first kappa shape index (κ1) is 14.3. The van der Waals surface area contributed by atoms with Crippen molar-refractivity contribution in [1.82, 2.24) is 0 Å². The second-order valence-corrected chi connectivity index (χ2v) is 4.70. The second kappa shape index (κ2) is 6.39. The molecule has 0 fully saturated rings. The van der Waals surface area contributed by atoms with Gasteiger partial charge in [0.25, 0.3) is 0 Å². The highest BCUT2D eigenvalue weighted by atomic mass is 35.5. The van der Waals surface area contributed by atoms with Gasteiger partial charge in [0.15, 0.2) is 0 Å². The van der Waals surface area contributed by atoms with Crippen molar-refractivity contribution >= 4 is 28.9 Å². The standard InChI is InChI=1S/C15H14ClFN2O/c1-10(20)19-13-7-5-12(6-8-13)18-9-11-3-2-4-14(17)15(11)16/h2-8,18H,9H2,1H3,(H,19,20). The number of anilines is 2. The lowest BCUT2D eigenvalue weighted by atomic mass is 10.2. The van der Waals surface area contributed by atoms with E-state index in [4.69, 9.17) is 11.6 Å². The van der Waals surface area contributed by atoms with Gasteiger partial charge in [0.05, 0.1) is 5.02 Å². The van der Waals surface area contributed by atoms with Crippen LogP contribution >= 0.6 is 11.6 Å². The summed E-state index contributed by atoms with van der Waals surface area (Å²) in [6.07, 6.45) is 0. The van der Waals surface area contributed by atoms with Crippen LogP contribution in [0.3, 0.4) is 0 Å². The molecule has 0 unspecified atom stereocenters. The molecule has 0 aromatic heterocycles. The molecular formula is C15H14ClFN2O. The number of rotatable bonds is 4. The van der Waals surface area contributed by atoms with Gasteiger partial charge in [0, 0.05) is 24.8 Å². The van der Waals surface area contributed by atoms with Gasteiger partial charge >= 0.3 is 0 Å². The SMILES string of the molecule is CC(=O)Nc1ccc(NCc2cccc(F)c2Cl)cc1. The molecule has 0 saturated carbocycles. The minimum atomic E-state index is -0.424. The van der Waals surface area contributed by atoms with Crippen LogP contribution in [-0.2, 0) is 11.3 Å². The van der Waals surface area contributed by atoms with E-state index in [0.717, 1.165) is 11.4 Å². The fourth-order valence-corrected chi connectivity index (χ4v) is 1.95. The van der Waals surface area contributed by atoms with Gasteiger partial charge in [-0.1, -0.05) is 23.7 Å². The fraction of sp³-hybridized carbons (Fsp3) is 0.133. The van der Waals surface area contributed by atoms with Gasteiger partial charge in [-0.05, 0) is 35.9 Å². The smallest absolute Gasteiger partial charge is 0.221 e. The number of nitrogens with one attached hydrogen (secondary N) is 2. The lowest BCUT2D eigenvalue weighted by Crippen LogP contribution is -2.06. The Labute approximate surface area is 121 Å². The summed E-state index contributed by atoms with van der Waals surface area (Å²) in [5.41, 5.74) is 2.28. The Hall–Kier alpha value is -2.07. The fourth-order valence-electron chi connectivity index (χ4n) is 1.76. The zero-order valence-electron chi connectivity index (χ0n) is 10.9. The third-order valence-corrected chi connectivity index (χ3v) is 3.14. The third kappa shape index (κ3) is 3.71. The zero-order valence-corrected chi connectivity index (χ0v) is 11.7. The maximum atomic E-state index is 13.3. The summed E-state index contributed by atoms with van der Waals surface area (Å²) in [7, 11) is 0. The van der Waals surface area contributed by atoms with Gasteiger partial charge in [0.2, 0.25) is 5.91 Å². The van der Waals surface area contributed by atoms with Crippen molar-refractivity contribution < 1.29 is 9.18 Å². The first-order valence-corrected chi connectivity index (χ1v) is 6.48. The quantitative estimate of drug-likeness (QED) is 0.892. The van der Waals surface area contributed by atoms with Gasteiger partial charge in [-0.15, -0.1) is 0 Å². The Balaban J connectivity index is 2.00. The summed E-state index contributed by atoms with van der Waals surface area (Å²) in [6.45, 7) is 1.88. The molecule has 0 aliphatic rings. The molecule has 2 aromatic carbocycles. The van der Waals surface area contributed by atoms with Gasteiger partial charge in [-0.2, -0.15) is 0 Å². The van der Waals surface area contributed by atoms with E-state index < -0.39 is 5.82 Å². The largest absolute Gasteiger partial charge is 0.381 e. The molecular weight excluding hydrogens is 279 g/mol. The normalized spacial score (nSPS) is 10.2. The van der Waals surface area contributed by atoms with E-state index >= 15 is 0 Å². The van der Waals surface area contributed by atoms with Crippen LogP contribution in [0.5, 0.6) is 0 Å². The zero-order chi connectivity index (χ0) is 14.5. The first-order chi connectivity index (χ1) is 9.56. The third-order valence-electron chi connectivity index (χ3n) is 2.72. The number of benzene rings is 2. The molecule has 0 aliphatic carbocycles. The number of amides is 1. The molecule has 0 atom stereocenters. The van der Waals surface area contributed by atoms with Crippen LogP contribution in [0.25, 0.3) is 0 Å². The minimum Gasteiger partial charge on any atom is -0.381 e. The Morgan fingerprint density at radius 3 is 2.45 bits per heavy atom. The highest BCUT2D eigenvalue weighted by Crippen LogP contribution is 2.21. The van der Waals surface area contributed by atoms with Gasteiger partial charge in [-0.25, -0.2) is 4.39 Å². The summed E-state index contributed by atoms with van der Waals surface area (Å²) in [5.74, 6) is -0.538. The maximum absolute atomic E-state index is 13.3. The van der Waals surface area contributed by atoms with Gasteiger partial charge < -0.3 is 10.6 Å². The molecule has 2 aromatic rings. The lowest BCUT2D eigenvalue weighted by Gasteiger charge is -2.09. The topological polar surface area (TPSA) is 41.1 Å². The molecule has 2 rings (SSSR count). The molecule has 0 aliphatic heterocycles. The number of hydrogen-bond donors (Lipinski definition) is 2. The van der Waals surface area contributed by atoms with Gasteiger partial charge in [0.1, 0.15) is 5.82 Å². The number of carbonyl (C=O) groups is 1. The van der Waals surface area contributed by atoms with Crippen molar-refractivity contribution in [1.29, 1.82) is 0 Å². The lowest BCUT2D eigenvalue weighted by molar-refractivity contribution is -0.114. The number of hydrogen-bond acceptors (Lipinski definition) is 2. The van der Waals surface area contributed by atoms with E-state index in [1.807, 2.05) is 12.1 Å². The molecule has 1 amide bonds. The van der Waals surface area contributed by atoms with E-state index in [1.165, 1.54) is 13.0 Å².